The van der Waals surface area contributed by atoms with E-state index in [0.717, 1.165) is 26.1 Å². The second-order valence-electron chi connectivity index (χ2n) is 4.87. The summed E-state index contributed by atoms with van der Waals surface area (Å²) in [5.41, 5.74) is 2.64. The van der Waals surface area contributed by atoms with E-state index in [2.05, 4.69) is 31.2 Å². The van der Waals surface area contributed by atoms with Gasteiger partial charge in [-0.25, -0.2) is 0 Å². The summed E-state index contributed by atoms with van der Waals surface area (Å²) in [6.45, 7) is 3.91. The lowest BCUT2D eigenvalue weighted by atomic mass is 9.93. The quantitative estimate of drug-likeness (QED) is 0.724. The summed E-state index contributed by atoms with van der Waals surface area (Å²) in [7, 11) is 0. The molecule has 0 radical (unpaired) electrons. The standard InChI is InChI=1S/C15H21ClO/c1-2-4-12-6-8-13(9-7-12)15(16)14-5-3-10-17-11-14/h6-9,14-15H,2-5,10-11H2,1H3. The number of hydrogen-bond acceptors (Lipinski definition) is 1. The molecule has 2 atom stereocenters. The van der Waals surface area contributed by atoms with Gasteiger partial charge in [0.15, 0.2) is 0 Å². The molecule has 0 aromatic heterocycles. The number of halogens is 1. The van der Waals surface area contributed by atoms with E-state index in [4.69, 9.17) is 16.3 Å². The third-order valence-electron chi connectivity index (χ3n) is 3.45. The smallest absolute Gasteiger partial charge is 0.0635 e. The fourth-order valence-electron chi connectivity index (χ4n) is 2.43. The Hall–Kier alpha value is -0.530. The van der Waals surface area contributed by atoms with Crippen molar-refractivity contribution >= 4 is 11.6 Å². The first-order valence-electron chi connectivity index (χ1n) is 6.62. The number of alkyl halides is 1. The highest BCUT2D eigenvalue weighted by Gasteiger charge is 2.23. The monoisotopic (exact) mass is 252 g/mol. The van der Waals surface area contributed by atoms with Gasteiger partial charge in [-0.05, 0) is 30.4 Å². The molecule has 1 aliphatic rings. The summed E-state index contributed by atoms with van der Waals surface area (Å²) in [5.74, 6) is 0.474. The van der Waals surface area contributed by atoms with E-state index in [1.807, 2.05) is 0 Å². The molecule has 1 fully saturated rings. The van der Waals surface area contributed by atoms with Crippen molar-refractivity contribution in [3.05, 3.63) is 35.4 Å². The van der Waals surface area contributed by atoms with Crippen molar-refractivity contribution in [2.24, 2.45) is 5.92 Å². The average Bonchev–Trinajstić information content (AvgIpc) is 2.40. The molecule has 0 amide bonds. The lowest BCUT2D eigenvalue weighted by Crippen LogP contribution is -2.21. The SMILES string of the molecule is CCCc1ccc(C(Cl)C2CCCOC2)cc1. The Labute approximate surface area is 109 Å². The zero-order valence-electron chi connectivity index (χ0n) is 10.5. The fourth-order valence-corrected chi connectivity index (χ4v) is 2.77. The third-order valence-corrected chi connectivity index (χ3v) is 4.05. The van der Waals surface area contributed by atoms with Crippen LogP contribution in [0, 0.1) is 5.92 Å². The van der Waals surface area contributed by atoms with Gasteiger partial charge in [0.05, 0.1) is 12.0 Å². The molecule has 1 nitrogen and oxygen atoms in total. The first-order chi connectivity index (χ1) is 8.31. The molecule has 2 unspecified atom stereocenters. The second-order valence-corrected chi connectivity index (χ2v) is 5.34. The van der Waals surface area contributed by atoms with Gasteiger partial charge in [0, 0.05) is 12.5 Å². The maximum Gasteiger partial charge on any atom is 0.0635 e. The minimum atomic E-state index is 0.103. The van der Waals surface area contributed by atoms with Crippen LogP contribution in [0.4, 0.5) is 0 Å². The highest BCUT2D eigenvalue weighted by Crippen LogP contribution is 2.34. The van der Waals surface area contributed by atoms with Crippen LogP contribution in [-0.4, -0.2) is 13.2 Å². The number of ether oxygens (including phenoxy) is 1. The highest BCUT2D eigenvalue weighted by atomic mass is 35.5. The van der Waals surface area contributed by atoms with E-state index >= 15 is 0 Å². The first kappa shape index (κ1) is 12.9. The van der Waals surface area contributed by atoms with Crippen molar-refractivity contribution in [3.8, 4) is 0 Å². The normalized spacial score (nSPS) is 22.4. The van der Waals surface area contributed by atoms with Crippen LogP contribution < -0.4 is 0 Å². The van der Waals surface area contributed by atoms with Gasteiger partial charge in [0.2, 0.25) is 0 Å². The van der Waals surface area contributed by atoms with Crippen molar-refractivity contribution in [1.82, 2.24) is 0 Å². The topological polar surface area (TPSA) is 9.23 Å². The Morgan fingerprint density at radius 2 is 2.12 bits per heavy atom. The highest BCUT2D eigenvalue weighted by molar-refractivity contribution is 6.21. The minimum Gasteiger partial charge on any atom is -0.381 e. The van der Waals surface area contributed by atoms with Gasteiger partial charge in [-0.1, -0.05) is 37.6 Å². The predicted molar refractivity (Wildman–Crippen MR) is 72.6 cm³/mol. The average molecular weight is 253 g/mol. The van der Waals surface area contributed by atoms with E-state index in [0.29, 0.717) is 5.92 Å². The molecule has 0 bridgehead atoms. The van der Waals surface area contributed by atoms with E-state index in [1.54, 1.807) is 0 Å². The summed E-state index contributed by atoms with van der Waals surface area (Å²) in [5, 5.41) is 0.103. The molecule has 1 saturated heterocycles. The van der Waals surface area contributed by atoms with Gasteiger partial charge in [0.1, 0.15) is 0 Å². The van der Waals surface area contributed by atoms with Crippen molar-refractivity contribution in [2.45, 2.75) is 38.0 Å². The van der Waals surface area contributed by atoms with Crippen LogP contribution in [0.1, 0.15) is 42.7 Å². The number of aryl methyl sites for hydroxylation is 1. The molecule has 2 rings (SSSR count). The molecule has 2 heteroatoms. The van der Waals surface area contributed by atoms with Crippen molar-refractivity contribution < 1.29 is 4.74 Å². The Kier molecular flexibility index (Phi) is 4.87. The summed E-state index contributed by atoms with van der Waals surface area (Å²) in [4.78, 5) is 0. The molecular weight excluding hydrogens is 232 g/mol. The maximum atomic E-state index is 6.53. The Morgan fingerprint density at radius 3 is 2.71 bits per heavy atom. The van der Waals surface area contributed by atoms with E-state index in [1.165, 1.54) is 24.0 Å². The maximum absolute atomic E-state index is 6.53. The zero-order valence-corrected chi connectivity index (χ0v) is 11.2. The molecule has 94 valence electrons. The zero-order chi connectivity index (χ0) is 12.1. The fraction of sp³-hybridized carbons (Fsp3) is 0.600. The number of rotatable bonds is 4. The van der Waals surface area contributed by atoms with Gasteiger partial charge >= 0.3 is 0 Å². The molecule has 1 aliphatic heterocycles. The first-order valence-corrected chi connectivity index (χ1v) is 7.05. The molecule has 0 N–H and O–H groups in total. The Morgan fingerprint density at radius 1 is 1.35 bits per heavy atom. The van der Waals surface area contributed by atoms with Gasteiger partial charge in [-0.3, -0.25) is 0 Å². The number of hydrogen-bond donors (Lipinski definition) is 0. The second kappa shape index (κ2) is 6.42. The van der Waals surface area contributed by atoms with Crippen LogP contribution in [0.25, 0.3) is 0 Å². The van der Waals surface area contributed by atoms with Gasteiger partial charge < -0.3 is 4.74 Å². The van der Waals surface area contributed by atoms with Crippen LogP contribution in [0.15, 0.2) is 24.3 Å². The van der Waals surface area contributed by atoms with Crippen LogP contribution >= 0.6 is 11.6 Å². The molecule has 0 saturated carbocycles. The van der Waals surface area contributed by atoms with Crippen molar-refractivity contribution in [3.63, 3.8) is 0 Å². The van der Waals surface area contributed by atoms with Gasteiger partial charge in [-0.15, -0.1) is 11.6 Å². The summed E-state index contributed by atoms with van der Waals surface area (Å²) in [6, 6.07) is 8.77. The predicted octanol–water partition coefficient (Wildman–Crippen LogP) is 4.35. The van der Waals surface area contributed by atoms with Crippen LogP contribution in [0.5, 0.6) is 0 Å². The third kappa shape index (κ3) is 3.46. The van der Waals surface area contributed by atoms with Gasteiger partial charge in [-0.2, -0.15) is 0 Å². The molecule has 1 aromatic rings. The molecule has 17 heavy (non-hydrogen) atoms. The Bertz CT molecular complexity index is 327. The van der Waals surface area contributed by atoms with E-state index in [9.17, 15) is 0 Å². The Balaban J connectivity index is 2.00. The van der Waals surface area contributed by atoms with Gasteiger partial charge in [0.25, 0.3) is 0 Å². The summed E-state index contributed by atoms with van der Waals surface area (Å²) >= 11 is 6.53. The number of benzene rings is 1. The molecule has 0 spiro atoms. The molecule has 0 aliphatic carbocycles. The summed E-state index contributed by atoms with van der Waals surface area (Å²) in [6.07, 6.45) is 4.67. The molecule has 1 aromatic carbocycles. The van der Waals surface area contributed by atoms with E-state index in [-0.39, 0.29) is 5.38 Å². The lowest BCUT2D eigenvalue weighted by Gasteiger charge is -2.26. The van der Waals surface area contributed by atoms with Crippen LogP contribution in [0.2, 0.25) is 0 Å². The summed E-state index contributed by atoms with van der Waals surface area (Å²) < 4.78 is 5.50. The van der Waals surface area contributed by atoms with E-state index < -0.39 is 0 Å². The van der Waals surface area contributed by atoms with Crippen molar-refractivity contribution in [1.29, 1.82) is 0 Å². The minimum absolute atomic E-state index is 0.103. The largest absolute Gasteiger partial charge is 0.381 e. The van der Waals surface area contributed by atoms with Crippen molar-refractivity contribution in [2.75, 3.05) is 13.2 Å². The van der Waals surface area contributed by atoms with Crippen LogP contribution in [0.3, 0.4) is 0 Å². The molecule has 1 heterocycles. The van der Waals surface area contributed by atoms with Crippen LogP contribution in [-0.2, 0) is 11.2 Å². The lowest BCUT2D eigenvalue weighted by molar-refractivity contribution is 0.0531. The molecular formula is C15H21ClO.